The van der Waals surface area contributed by atoms with Crippen molar-refractivity contribution >= 4 is 0 Å². The van der Waals surface area contributed by atoms with Crippen molar-refractivity contribution in [3.63, 3.8) is 0 Å². The molecule has 1 aromatic rings. The van der Waals surface area contributed by atoms with Crippen molar-refractivity contribution in [2.75, 3.05) is 26.3 Å². The van der Waals surface area contributed by atoms with Gasteiger partial charge in [0.2, 0.25) is 0 Å². The Bertz CT molecular complexity index is 600. The summed E-state index contributed by atoms with van der Waals surface area (Å²) in [4.78, 5) is 2.73. The molecule has 2 heterocycles. The lowest BCUT2D eigenvalue weighted by atomic mass is 9.83. The Morgan fingerprint density at radius 2 is 1.91 bits per heavy atom. The van der Waals surface area contributed by atoms with E-state index in [1.807, 2.05) is 0 Å². The van der Waals surface area contributed by atoms with Gasteiger partial charge in [0.05, 0.1) is 13.2 Å². The van der Waals surface area contributed by atoms with Crippen molar-refractivity contribution in [3.8, 4) is 0 Å². The number of nitrogens with zero attached hydrogens (tertiary/aromatic N) is 1. The molecule has 0 spiro atoms. The van der Waals surface area contributed by atoms with Gasteiger partial charge in [-0.2, -0.15) is 0 Å². The first-order valence-corrected chi connectivity index (χ1v) is 8.79. The number of fused-ring (bicyclic) bond motifs is 1. The van der Waals surface area contributed by atoms with Crippen LogP contribution < -0.4 is 0 Å². The summed E-state index contributed by atoms with van der Waals surface area (Å²) in [5, 5.41) is 0. The van der Waals surface area contributed by atoms with Gasteiger partial charge in [-0.3, -0.25) is 4.90 Å². The zero-order valence-electron chi connectivity index (χ0n) is 13.9. The summed E-state index contributed by atoms with van der Waals surface area (Å²) in [6.07, 6.45) is 5.07. The Labute approximate surface area is 134 Å². The minimum Gasteiger partial charge on any atom is -0.380 e. The van der Waals surface area contributed by atoms with Crippen LogP contribution in [0.4, 0.5) is 0 Å². The molecule has 1 unspecified atom stereocenters. The quantitative estimate of drug-likeness (QED) is 0.772. The summed E-state index contributed by atoms with van der Waals surface area (Å²) in [6, 6.07) is 7.93. The van der Waals surface area contributed by atoms with E-state index in [-0.39, 0.29) is 0 Å². The van der Waals surface area contributed by atoms with Crippen molar-refractivity contribution < 1.29 is 4.74 Å². The van der Waals surface area contributed by atoms with Gasteiger partial charge in [0, 0.05) is 25.0 Å². The molecule has 0 radical (unpaired) electrons. The second kappa shape index (κ2) is 5.82. The highest BCUT2D eigenvalue weighted by Gasteiger charge is 2.28. The monoisotopic (exact) mass is 297 g/mol. The smallest absolute Gasteiger partial charge is 0.0557 e. The molecule has 0 bridgehead atoms. The molecular formula is C20H27NO. The first-order chi connectivity index (χ1) is 10.7. The molecule has 1 aliphatic carbocycles. The summed E-state index contributed by atoms with van der Waals surface area (Å²) in [5.74, 6) is 0.647. The first kappa shape index (κ1) is 14.5. The summed E-state index contributed by atoms with van der Waals surface area (Å²) in [5.41, 5.74) is 7.89. The van der Waals surface area contributed by atoms with E-state index >= 15 is 0 Å². The third-order valence-corrected chi connectivity index (χ3v) is 6.00. The van der Waals surface area contributed by atoms with Crippen LogP contribution in [-0.4, -0.2) is 37.2 Å². The van der Waals surface area contributed by atoms with E-state index in [1.54, 1.807) is 22.3 Å². The zero-order valence-corrected chi connectivity index (χ0v) is 13.9. The largest absolute Gasteiger partial charge is 0.380 e. The highest BCUT2D eigenvalue weighted by molar-refractivity contribution is 5.37. The number of benzene rings is 1. The molecule has 1 fully saturated rings. The summed E-state index contributed by atoms with van der Waals surface area (Å²) in [7, 11) is 0. The van der Waals surface area contributed by atoms with Gasteiger partial charge in [-0.1, -0.05) is 29.3 Å². The van der Waals surface area contributed by atoms with Crippen molar-refractivity contribution in [2.45, 2.75) is 51.5 Å². The van der Waals surface area contributed by atoms with Gasteiger partial charge in [0.25, 0.3) is 0 Å². The third kappa shape index (κ3) is 2.63. The summed E-state index contributed by atoms with van der Waals surface area (Å²) in [6.45, 7) is 8.87. The van der Waals surface area contributed by atoms with E-state index in [0.717, 1.165) is 19.3 Å². The normalized spacial score (nSPS) is 26.7. The molecule has 0 saturated carbocycles. The van der Waals surface area contributed by atoms with Gasteiger partial charge in [-0.25, -0.2) is 0 Å². The van der Waals surface area contributed by atoms with Crippen molar-refractivity contribution in [3.05, 3.63) is 46.0 Å². The highest BCUT2D eigenvalue weighted by Crippen LogP contribution is 2.31. The van der Waals surface area contributed by atoms with Gasteiger partial charge in [-0.05, 0) is 56.2 Å². The van der Waals surface area contributed by atoms with Crippen LogP contribution >= 0.6 is 0 Å². The van der Waals surface area contributed by atoms with E-state index in [4.69, 9.17) is 4.74 Å². The SMILES string of the molecule is CC1=C(C)CN(C2CCc3ccc(C4COC4)cc3C2)CC1. The average Bonchev–Trinajstić information content (AvgIpc) is 2.47. The van der Waals surface area contributed by atoms with Gasteiger partial charge >= 0.3 is 0 Å². The van der Waals surface area contributed by atoms with Gasteiger partial charge in [0.1, 0.15) is 0 Å². The maximum Gasteiger partial charge on any atom is 0.0557 e. The van der Waals surface area contributed by atoms with Gasteiger partial charge in [0.15, 0.2) is 0 Å². The fourth-order valence-corrected chi connectivity index (χ4v) is 4.11. The number of rotatable bonds is 2. The molecule has 22 heavy (non-hydrogen) atoms. The fraction of sp³-hybridized carbons (Fsp3) is 0.600. The molecule has 0 aromatic heterocycles. The Morgan fingerprint density at radius 1 is 1.05 bits per heavy atom. The standard InChI is InChI=1S/C20H27NO/c1-14-7-8-21(11-15(14)2)20-6-5-16-3-4-17(9-18(16)10-20)19-12-22-13-19/h3-4,9,19-20H,5-8,10-13H2,1-2H3. The number of aryl methyl sites for hydroxylation is 1. The van der Waals surface area contributed by atoms with Gasteiger partial charge < -0.3 is 4.74 Å². The molecule has 4 rings (SSSR count). The molecule has 118 valence electrons. The van der Waals surface area contributed by atoms with E-state index in [1.165, 1.54) is 44.3 Å². The molecule has 2 nitrogen and oxygen atoms in total. The lowest BCUT2D eigenvalue weighted by Crippen LogP contribution is -2.42. The second-order valence-corrected chi connectivity index (χ2v) is 7.44. The summed E-state index contributed by atoms with van der Waals surface area (Å²) >= 11 is 0. The average molecular weight is 297 g/mol. The van der Waals surface area contributed by atoms with Crippen molar-refractivity contribution in [1.82, 2.24) is 4.90 Å². The van der Waals surface area contributed by atoms with Crippen LogP contribution in [0.3, 0.4) is 0 Å². The van der Waals surface area contributed by atoms with Crippen LogP contribution in [0.25, 0.3) is 0 Å². The predicted octanol–water partition coefficient (Wildman–Crippen LogP) is 3.70. The Morgan fingerprint density at radius 3 is 2.64 bits per heavy atom. The van der Waals surface area contributed by atoms with E-state index in [0.29, 0.717) is 5.92 Å². The highest BCUT2D eigenvalue weighted by atomic mass is 16.5. The molecule has 0 N–H and O–H groups in total. The van der Waals surface area contributed by atoms with Crippen LogP contribution in [0.1, 0.15) is 49.3 Å². The van der Waals surface area contributed by atoms with Crippen LogP contribution in [0.15, 0.2) is 29.3 Å². The van der Waals surface area contributed by atoms with Crippen LogP contribution in [-0.2, 0) is 17.6 Å². The molecular weight excluding hydrogens is 270 g/mol. The Hall–Kier alpha value is -1.12. The first-order valence-electron chi connectivity index (χ1n) is 8.79. The second-order valence-electron chi connectivity index (χ2n) is 7.44. The maximum absolute atomic E-state index is 5.36. The summed E-state index contributed by atoms with van der Waals surface area (Å²) < 4.78 is 5.36. The number of ether oxygens (including phenoxy) is 1. The van der Waals surface area contributed by atoms with E-state index in [9.17, 15) is 0 Å². The van der Waals surface area contributed by atoms with E-state index in [2.05, 4.69) is 36.9 Å². The molecule has 1 aromatic carbocycles. The van der Waals surface area contributed by atoms with Crippen LogP contribution in [0.2, 0.25) is 0 Å². The third-order valence-electron chi connectivity index (χ3n) is 6.00. The minimum absolute atomic E-state index is 0.647. The minimum atomic E-state index is 0.647. The zero-order chi connectivity index (χ0) is 15.1. The Balaban J connectivity index is 1.50. The maximum atomic E-state index is 5.36. The fourth-order valence-electron chi connectivity index (χ4n) is 4.11. The molecule has 1 saturated heterocycles. The van der Waals surface area contributed by atoms with Crippen LogP contribution in [0, 0.1) is 0 Å². The number of hydrogen-bond acceptors (Lipinski definition) is 2. The van der Waals surface area contributed by atoms with E-state index < -0.39 is 0 Å². The molecule has 0 amide bonds. The van der Waals surface area contributed by atoms with Gasteiger partial charge in [-0.15, -0.1) is 0 Å². The lowest BCUT2D eigenvalue weighted by Gasteiger charge is -2.38. The molecule has 1 atom stereocenters. The van der Waals surface area contributed by atoms with Crippen LogP contribution in [0.5, 0.6) is 0 Å². The molecule has 3 aliphatic rings. The van der Waals surface area contributed by atoms with Crippen molar-refractivity contribution in [1.29, 1.82) is 0 Å². The number of hydrogen-bond donors (Lipinski definition) is 0. The topological polar surface area (TPSA) is 12.5 Å². The molecule has 2 heteroatoms. The Kier molecular flexibility index (Phi) is 3.83. The lowest BCUT2D eigenvalue weighted by molar-refractivity contribution is 0.00837. The van der Waals surface area contributed by atoms with Crippen molar-refractivity contribution in [2.24, 2.45) is 0 Å². The molecule has 2 aliphatic heterocycles. The predicted molar refractivity (Wildman–Crippen MR) is 90.4 cm³/mol.